The van der Waals surface area contributed by atoms with Crippen LogP contribution in [-0.2, 0) is 11.3 Å². The maximum atomic E-state index is 12.3. The first-order valence-electron chi connectivity index (χ1n) is 8.22. The van der Waals surface area contributed by atoms with Gasteiger partial charge in [-0.1, -0.05) is 36.4 Å². The molecule has 0 aliphatic rings. The Bertz CT molecular complexity index is 752. The van der Waals surface area contributed by atoms with Crippen molar-refractivity contribution >= 4 is 5.91 Å². The fourth-order valence-corrected chi connectivity index (χ4v) is 2.39. The van der Waals surface area contributed by atoms with E-state index in [0.29, 0.717) is 5.56 Å². The average molecular weight is 382 g/mol. The number of benzene rings is 2. The third kappa shape index (κ3) is 6.82. The highest BCUT2D eigenvalue weighted by Gasteiger charge is 2.29. The van der Waals surface area contributed by atoms with Crippen LogP contribution >= 0.6 is 0 Å². The standard InChI is InChI=1S/C19H21F3N2O3/c1-26-17-9-13(7-8-16(17)27-12-19(20,21)22)11-24-18(25)10-15(23)14-5-3-2-4-6-14/h2-9,15H,10-12,23H2,1H3,(H,24,25). The molecule has 0 aliphatic heterocycles. The number of carbonyl (C=O) groups is 1. The molecular weight excluding hydrogens is 361 g/mol. The minimum atomic E-state index is -4.44. The van der Waals surface area contributed by atoms with Crippen molar-refractivity contribution in [1.29, 1.82) is 0 Å². The lowest BCUT2D eigenvalue weighted by atomic mass is 10.0. The number of methoxy groups -OCH3 is 1. The zero-order valence-electron chi connectivity index (χ0n) is 14.8. The lowest BCUT2D eigenvalue weighted by Gasteiger charge is -2.14. The van der Waals surface area contributed by atoms with Gasteiger partial charge in [0.2, 0.25) is 5.91 Å². The molecule has 0 spiro atoms. The molecule has 27 heavy (non-hydrogen) atoms. The van der Waals surface area contributed by atoms with E-state index in [1.54, 1.807) is 6.07 Å². The second kappa shape index (κ2) is 9.27. The number of ether oxygens (including phenoxy) is 2. The van der Waals surface area contributed by atoms with Gasteiger partial charge in [-0.2, -0.15) is 13.2 Å². The molecule has 2 aromatic carbocycles. The van der Waals surface area contributed by atoms with Gasteiger partial charge < -0.3 is 20.5 Å². The molecule has 146 valence electrons. The van der Waals surface area contributed by atoms with Crippen LogP contribution in [0.5, 0.6) is 11.5 Å². The van der Waals surface area contributed by atoms with E-state index in [1.807, 2.05) is 30.3 Å². The summed E-state index contributed by atoms with van der Waals surface area (Å²) in [6.07, 6.45) is -4.32. The van der Waals surface area contributed by atoms with Gasteiger partial charge in [0.15, 0.2) is 18.1 Å². The molecular formula is C19H21F3N2O3. The van der Waals surface area contributed by atoms with Crippen LogP contribution in [0.3, 0.4) is 0 Å². The predicted octanol–water partition coefficient (Wildman–Crippen LogP) is 3.34. The second-order valence-corrected chi connectivity index (χ2v) is 5.89. The zero-order valence-corrected chi connectivity index (χ0v) is 14.8. The Morgan fingerprint density at radius 1 is 1.15 bits per heavy atom. The monoisotopic (exact) mass is 382 g/mol. The SMILES string of the molecule is COc1cc(CNC(=O)CC(N)c2ccccc2)ccc1OCC(F)(F)F. The van der Waals surface area contributed by atoms with E-state index in [-0.39, 0.29) is 30.4 Å². The Morgan fingerprint density at radius 2 is 1.85 bits per heavy atom. The fraction of sp³-hybridized carbons (Fsp3) is 0.316. The van der Waals surface area contributed by atoms with Gasteiger partial charge >= 0.3 is 6.18 Å². The van der Waals surface area contributed by atoms with E-state index < -0.39 is 18.8 Å². The number of hydrogen-bond donors (Lipinski definition) is 2. The van der Waals surface area contributed by atoms with E-state index >= 15 is 0 Å². The Hall–Kier alpha value is -2.74. The molecule has 8 heteroatoms. The summed E-state index contributed by atoms with van der Waals surface area (Å²) in [6.45, 7) is -1.22. The third-order valence-corrected chi connectivity index (χ3v) is 3.74. The van der Waals surface area contributed by atoms with Crippen LogP contribution in [0.2, 0.25) is 0 Å². The molecule has 0 heterocycles. The van der Waals surface area contributed by atoms with Gasteiger partial charge in [-0.3, -0.25) is 4.79 Å². The first-order chi connectivity index (χ1) is 12.8. The van der Waals surface area contributed by atoms with Crippen LogP contribution in [-0.4, -0.2) is 25.8 Å². The van der Waals surface area contributed by atoms with Gasteiger partial charge in [-0.25, -0.2) is 0 Å². The third-order valence-electron chi connectivity index (χ3n) is 3.74. The van der Waals surface area contributed by atoms with E-state index in [9.17, 15) is 18.0 Å². The van der Waals surface area contributed by atoms with Crippen LogP contribution in [0.1, 0.15) is 23.6 Å². The predicted molar refractivity (Wildman–Crippen MR) is 94.4 cm³/mol. The molecule has 0 bridgehead atoms. The number of hydrogen-bond acceptors (Lipinski definition) is 4. The van der Waals surface area contributed by atoms with Crippen molar-refractivity contribution in [2.75, 3.05) is 13.7 Å². The molecule has 0 saturated heterocycles. The van der Waals surface area contributed by atoms with Crippen molar-refractivity contribution < 1.29 is 27.4 Å². The molecule has 0 aliphatic carbocycles. The lowest BCUT2D eigenvalue weighted by Crippen LogP contribution is -2.27. The first-order valence-corrected chi connectivity index (χ1v) is 8.22. The van der Waals surface area contributed by atoms with Crippen molar-refractivity contribution in [1.82, 2.24) is 5.32 Å². The van der Waals surface area contributed by atoms with Crippen LogP contribution in [0.25, 0.3) is 0 Å². The van der Waals surface area contributed by atoms with Crippen LogP contribution in [0.15, 0.2) is 48.5 Å². The molecule has 0 radical (unpaired) electrons. The van der Waals surface area contributed by atoms with Gasteiger partial charge in [0.1, 0.15) is 0 Å². The maximum Gasteiger partial charge on any atom is 0.422 e. The lowest BCUT2D eigenvalue weighted by molar-refractivity contribution is -0.153. The molecule has 3 N–H and O–H groups in total. The van der Waals surface area contributed by atoms with E-state index in [1.165, 1.54) is 19.2 Å². The molecule has 1 amide bonds. The van der Waals surface area contributed by atoms with E-state index in [0.717, 1.165) is 5.56 Å². The summed E-state index contributed by atoms with van der Waals surface area (Å²) in [6, 6.07) is 13.3. The molecule has 5 nitrogen and oxygen atoms in total. The molecule has 1 unspecified atom stereocenters. The summed E-state index contributed by atoms with van der Waals surface area (Å²) < 4.78 is 46.6. The van der Waals surface area contributed by atoms with E-state index in [2.05, 4.69) is 5.32 Å². The summed E-state index contributed by atoms with van der Waals surface area (Å²) in [7, 11) is 1.33. The van der Waals surface area contributed by atoms with E-state index in [4.69, 9.17) is 15.2 Å². The van der Waals surface area contributed by atoms with Crippen molar-refractivity contribution in [3.8, 4) is 11.5 Å². The summed E-state index contributed by atoms with van der Waals surface area (Å²) in [5.41, 5.74) is 7.53. The number of amides is 1. The number of halogens is 3. The molecule has 0 saturated carbocycles. The second-order valence-electron chi connectivity index (χ2n) is 5.89. The fourth-order valence-electron chi connectivity index (χ4n) is 2.39. The number of nitrogens with two attached hydrogens (primary N) is 1. The summed E-state index contributed by atoms with van der Waals surface area (Å²) >= 11 is 0. The largest absolute Gasteiger partial charge is 0.493 e. The van der Waals surface area contributed by atoms with Gasteiger partial charge in [0.05, 0.1) is 7.11 Å². The smallest absolute Gasteiger partial charge is 0.422 e. The Labute approximate surface area is 155 Å². The van der Waals surface area contributed by atoms with Crippen molar-refractivity contribution in [2.45, 2.75) is 25.2 Å². The number of rotatable bonds is 8. The molecule has 0 aromatic heterocycles. The minimum Gasteiger partial charge on any atom is -0.493 e. The Morgan fingerprint density at radius 3 is 2.48 bits per heavy atom. The number of alkyl halides is 3. The van der Waals surface area contributed by atoms with Crippen molar-refractivity contribution in [2.24, 2.45) is 5.73 Å². The molecule has 2 aromatic rings. The topological polar surface area (TPSA) is 73.6 Å². The van der Waals surface area contributed by atoms with Crippen LogP contribution in [0.4, 0.5) is 13.2 Å². The van der Waals surface area contributed by atoms with Crippen LogP contribution < -0.4 is 20.5 Å². The highest BCUT2D eigenvalue weighted by atomic mass is 19.4. The first kappa shape index (κ1) is 20.6. The quantitative estimate of drug-likeness (QED) is 0.734. The Balaban J connectivity index is 1.90. The summed E-state index contributed by atoms with van der Waals surface area (Å²) in [4.78, 5) is 12.1. The highest BCUT2D eigenvalue weighted by molar-refractivity contribution is 5.76. The molecule has 1 atom stereocenters. The van der Waals surface area contributed by atoms with Crippen LogP contribution in [0, 0.1) is 0 Å². The molecule has 0 fully saturated rings. The normalized spacial score (nSPS) is 12.3. The average Bonchev–Trinajstić information content (AvgIpc) is 2.65. The minimum absolute atomic E-state index is 0.0176. The van der Waals surface area contributed by atoms with Crippen molar-refractivity contribution in [3.05, 3.63) is 59.7 Å². The van der Waals surface area contributed by atoms with Crippen molar-refractivity contribution in [3.63, 3.8) is 0 Å². The van der Waals surface area contributed by atoms with Gasteiger partial charge in [0.25, 0.3) is 0 Å². The van der Waals surface area contributed by atoms with Gasteiger partial charge in [-0.15, -0.1) is 0 Å². The van der Waals surface area contributed by atoms with Gasteiger partial charge in [0, 0.05) is 19.0 Å². The Kier molecular flexibility index (Phi) is 7.06. The summed E-state index contributed by atoms with van der Waals surface area (Å²) in [5.74, 6) is -0.0919. The highest BCUT2D eigenvalue weighted by Crippen LogP contribution is 2.29. The maximum absolute atomic E-state index is 12.3. The zero-order chi connectivity index (χ0) is 19.9. The number of carbonyl (C=O) groups excluding carboxylic acids is 1. The van der Waals surface area contributed by atoms with Gasteiger partial charge in [-0.05, 0) is 23.3 Å². The summed E-state index contributed by atoms with van der Waals surface area (Å²) in [5, 5.41) is 2.73. The molecule has 2 rings (SSSR count). The number of nitrogens with one attached hydrogen (secondary N) is 1.